The molecule has 1 rings (SSSR count). The van der Waals surface area contributed by atoms with Gasteiger partial charge in [0.1, 0.15) is 0 Å². The molecule has 0 aromatic carbocycles. The Morgan fingerprint density at radius 3 is 2.09 bits per heavy atom. The van der Waals surface area contributed by atoms with Crippen molar-refractivity contribution in [3.05, 3.63) is 0 Å². The molecule has 0 fully saturated rings. The minimum absolute atomic E-state index is 0.107. The van der Waals surface area contributed by atoms with Gasteiger partial charge in [-0.25, -0.2) is 9.59 Å². The van der Waals surface area contributed by atoms with E-state index in [9.17, 15) is 9.59 Å². The SMILES string of the molecule is CCCCC(C)C1=NOC(C(=O)OCC)(C(=O)OCC)C1(C)C. The van der Waals surface area contributed by atoms with E-state index in [0.717, 1.165) is 19.3 Å². The summed E-state index contributed by atoms with van der Waals surface area (Å²) in [4.78, 5) is 30.6. The fourth-order valence-electron chi connectivity index (χ4n) is 3.01. The topological polar surface area (TPSA) is 74.2 Å². The lowest BCUT2D eigenvalue weighted by Crippen LogP contribution is -2.60. The molecule has 0 aromatic rings. The average molecular weight is 327 g/mol. The van der Waals surface area contributed by atoms with Gasteiger partial charge in [-0.05, 0) is 40.0 Å². The van der Waals surface area contributed by atoms with Crippen LogP contribution in [0.3, 0.4) is 0 Å². The highest BCUT2D eigenvalue weighted by Gasteiger charge is 2.68. The van der Waals surface area contributed by atoms with Gasteiger partial charge in [-0.3, -0.25) is 0 Å². The Hall–Kier alpha value is -1.59. The zero-order chi connectivity index (χ0) is 17.7. The molecule has 0 amide bonds. The van der Waals surface area contributed by atoms with Gasteiger partial charge in [0.2, 0.25) is 0 Å². The quantitative estimate of drug-likeness (QED) is 0.506. The van der Waals surface area contributed by atoms with Gasteiger partial charge in [-0.1, -0.05) is 31.8 Å². The maximum Gasteiger partial charge on any atom is 0.366 e. The number of nitrogens with zero attached hydrogens (tertiary/aromatic N) is 1. The van der Waals surface area contributed by atoms with Crippen LogP contribution in [0.1, 0.15) is 60.8 Å². The standard InChI is InChI=1S/C17H29NO5/c1-7-10-11-12(4)13-16(5,6)17(23-18-13,14(19)21-8-2)15(20)22-9-3/h12H,7-11H2,1-6H3. The van der Waals surface area contributed by atoms with Gasteiger partial charge >= 0.3 is 17.5 Å². The van der Waals surface area contributed by atoms with E-state index in [-0.39, 0.29) is 19.1 Å². The van der Waals surface area contributed by atoms with Crippen LogP contribution in [-0.4, -0.2) is 36.5 Å². The van der Waals surface area contributed by atoms with E-state index >= 15 is 0 Å². The molecule has 1 aliphatic rings. The van der Waals surface area contributed by atoms with Gasteiger partial charge in [-0.15, -0.1) is 0 Å². The molecular formula is C17H29NO5. The molecule has 0 saturated heterocycles. The summed E-state index contributed by atoms with van der Waals surface area (Å²) in [5.74, 6) is -1.38. The molecule has 23 heavy (non-hydrogen) atoms. The molecule has 1 atom stereocenters. The molecule has 132 valence electrons. The van der Waals surface area contributed by atoms with Gasteiger partial charge in [-0.2, -0.15) is 0 Å². The van der Waals surface area contributed by atoms with Gasteiger partial charge in [0, 0.05) is 0 Å². The second kappa shape index (κ2) is 7.79. The molecule has 0 N–H and O–H groups in total. The summed E-state index contributed by atoms with van der Waals surface area (Å²) in [6, 6.07) is 0. The van der Waals surface area contributed by atoms with Crippen molar-refractivity contribution in [1.29, 1.82) is 0 Å². The molecular weight excluding hydrogens is 298 g/mol. The molecule has 1 heterocycles. The van der Waals surface area contributed by atoms with Crippen LogP contribution in [0.5, 0.6) is 0 Å². The zero-order valence-electron chi connectivity index (χ0n) is 15.1. The molecule has 0 saturated carbocycles. The number of carbonyl (C=O) groups is 2. The summed E-state index contributed by atoms with van der Waals surface area (Å²) in [7, 11) is 0. The van der Waals surface area contributed by atoms with E-state index in [0.29, 0.717) is 5.71 Å². The number of hydrogen-bond donors (Lipinski definition) is 0. The highest BCUT2D eigenvalue weighted by Crippen LogP contribution is 2.45. The van der Waals surface area contributed by atoms with E-state index < -0.39 is 23.0 Å². The van der Waals surface area contributed by atoms with E-state index in [1.165, 1.54) is 0 Å². The van der Waals surface area contributed by atoms with E-state index in [1.807, 2.05) is 6.92 Å². The summed E-state index contributed by atoms with van der Waals surface area (Å²) >= 11 is 0. The number of ether oxygens (including phenoxy) is 2. The van der Waals surface area contributed by atoms with Crippen LogP contribution in [0.15, 0.2) is 5.16 Å². The monoisotopic (exact) mass is 327 g/mol. The van der Waals surface area contributed by atoms with Gasteiger partial charge < -0.3 is 14.3 Å². The Bertz CT molecular complexity index is 452. The second-order valence-electron chi connectivity index (χ2n) is 6.36. The Balaban J connectivity index is 3.19. The van der Waals surface area contributed by atoms with E-state index in [2.05, 4.69) is 12.1 Å². The predicted octanol–water partition coefficient (Wildman–Crippen LogP) is 3.09. The van der Waals surface area contributed by atoms with Crippen molar-refractivity contribution < 1.29 is 23.9 Å². The first-order valence-electron chi connectivity index (χ1n) is 8.40. The van der Waals surface area contributed by atoms with Crippen molar-refractivity contribution in [3.8, 4) is 0 Å². The lowest BCUT2D eigenvalue weighted by atomic mass is 9.68. The van der Waals surface area contributed by atoms with E-state index in [4.69, 9.17) is 14.3 Å². The third-order valence-electron chi connectivity index (χ3n) is 4.38. The Morgan fingerprint density at radius 1 is 1.13 bits per heavy atom. The average Bonchev–Trinajstić information content (AvgIpc) is 2.77. The van der Waals surface area contributed by atoms with Crippen molar-refractivity contribution in [3.63, 3.8) is 0 Å². The van der Waals surface area contributed by atoms with Crippen molar-refractivity contribution in [2.45, 2.75) is 66.4 Å². The first-order valence-corrected chi connectivity index (χ1v) is 8.40. The fraction of sp³-hybridized carbons (Fsp3) is 0.824. The summed E-state index contributed by atoms with van der Waals surface area (Å²) in [6.07, 6.45) is 3.03. The van der Waals surface area contributed by atoms with Crippen LogP contribution >= 0.6 is 0 Å². The summed E-state index contributed by atoms with van der Waals surface area (Å²) in [5, 5.41) is 4.12. The van der Waals surface area contributed by atoms with Crippen LogP contribution in [0, 0.1) is 11.3 Å². The van der Waals surface area contributed by atoms with Gasteiger partial charge in [0.25, 0.3) is 0 Å². The second-order valence-corrected chi connectivity index (χ2v) is 6.36. The van der Waals surface area contributed by atoms with Crippen LogP contribution in [0.25, 0.3) is 0 Å². The summed E-state index contributed by atoms with van der Waals surface area (Å²) in [5.41, 5.74) is -2.10. The highest BCUT2D eigenvalue weighted by molar-refractivity contribution is 6.12. The molecule has 0 bridgehead atoms. The van der Waals surface area contributed by atoms with Crippen LogP contribution in [0.2, 0.25) is 0 Å². The van der Waals surface area contributed by atoms with Crippen molar-refractivity contribution >= 4 is 17.7 Å². The number of oxime groups is 1. The molecule has 1 unspecified atom stereocenters. The molecule has 6 heteroatoms. The zero-order valence-corrected chi connectivity index (χ0v) is 15.1. The Morgan fingerprint density at radius 2 is 1.65 bits per heavy atom. The maximum atomic E-state index is 12.6. The van der Waals surface area contributed by atoms with Crippen molar-refractivity contribution in [2.24, 2.45) is 16.5 Å². The molecule has 6 nitrogen and oxygen atoms in total. The largest absolute Gasteiger partial charge is 0.462 e. The first kappa shape index (κ1) is 19.5. The van der Waals surface area contributed by atoms with Gasteiger partial charge in [0.15, 0.2) is 0 Å². The van der Waals surface area contributed by atoms with Crippen molar-refractivity contribution in [2.75, 3.05) is 13.2 Å². The lowest BCUT2D eigenvalue weighted by Gasteiger charge is -2.35. The minimum atomic E-state index is -1.87. The Kier molecular flexibility index (Phi) is 6.59. The molecule has 0 radical (unpaired) electrons. The highest BCUT2D eigenvalue weighted by atomic mass is 16.7. The third-order valence-corrected chi connectivity index (χ3v) is 4.38. The molecule has 0 spiro atoms. The van der Waals surface area contributed by atoms with Crippen LogP contribution in [0.4, 0.5) is 0 Å². The van der Waals surface area contributed by atoms with Crippen molar-refractivity contribution in [1.82, 2.24) is 0 Å². The van der Waals surface area contributed by atoms with Gasteiger partial charge in [0.05, 0.1) is 24.3 Å². The number of hydrogen-bond acceptors (Lipinski definition) is 6. The molecule has 0 aliphatic carbocycles. The predicted molar refractivity (Wildman–Crippen MR) is 87.0 cm³/mol. The Labute approximate surface area is 138 Å². The molecule has 1 aliphatic heterocycles. The lowest BCUT2D eigenvalue weighted by molar-refractivity contribution is -0.197. The van der Waals surface area contributed by atoms with Crippen LogP contribution < -0.4 is 0 Å². The fourth-order valence-corrected chi connectivity index (χ4v) is 3.01. The number of carbonyl (C=O) groups excluding carboxylic acids is 2. The maximum absolute atomic E-state index is 12.6. The number of esters is 2. The number of unbranched alkanes of at least 4 members (excludes halogenated alkanes) is 1. The third kappa shape index (κ3) is 3.35. The smallest absolute Gasteiger partial charge is 0.366 e. The number of rotatable bonds is 8. The van der Waals surface area contributed by atoms with E-state index in [1.54, 1.807) is 27.7 Å². The minimum Gasteiger partial charge on any atom is -0.462 e. The summed E-state index contributed by atoms with van der Waals surface area (Å²) < 4.78 is 10.2. The molecule has 0 aromatic heterocycles. The summed E-state index contributed by atoms with van der Waals surface area (Å²) in [6.45, 7) is 11.4. The first-order chi connectivity index (χ1) is 10.8. The normalized spacial score (nSPS) is 19.5. The van der Waals surface area contributed by atoms with Crippen LogP contribution in [-0.2, 0) is 23.9 Å².